The molecule has 0 bridgehead atoms. The van der Waals surface area contributed by atoms with Crippen LogP contribution in [0.2, 0.25) is 0 Å². The summed E-state index contributed by atoms with van der Waals surface area (Å²) in [5.41, 5.74) is 0.201. The summed E-state index contributed by atoms with van der Waals surface area (Å²) in [6.45, 7) is 1.68. The summed E-state index contributed by atoms with van der Waals surface area (Å²) < 4.78 is 39.0. The first-order valence-corrected chi connectivity index (χ1v) is 10.3. The number of fused-ring (bicyclic) bond motifs is 1. The van der Waals surface area contributed by atoms with Crippen molar-refractivity contribution < 1.29 is 32.2 Å². The first-order valence-electron chi connectivity index (χ1n) is 8.52. The van der Waals surface area contributed by atoms with Crippen LogP contribution in [0.15, 0.2) is 21.3 Å². The lowest BCUT2D eigenvalue weighted by Gasteiger charge is -2.16. The van der Waals surface area contributed by atoms with Crippen LogP contribution in [-0.2, 0) is 21.1 Å². The number of aliphatic hydroxyl groups excluding tert-OH is 1. The monoisotopic (exact) mass is 411 g/mol. The van der Waals surface area contributed by atoms with Gasteiger partial charge in [-0.3, -0.25) is 4.79 Å². The van der Waals surface area contributed by atoms with Crippen molar-refractivity contribution >= 4 is 26.7 Å². The molecule has 1 aromatic heterocycles. The highest BCUT2D eigenvalue weighted by Gasteiger charge is 2.37. The number of carbonyl (C=O) groups excluding carboxylic acids is 1. The molecule has 1 amide bonds. The molecule has 3 rings (SSSR count). The summed E-state index contributed by atoms with van der Waals surface area (Å²) in [6.07, 6.45) is -1.47. The first-order chi connectivity index (χ1) is 13.2. The topological polar surface area (TPSA) is 132 Å². The zero-order chi connectivity index (χ0) is 20.6. The van der Waals surface area contributed by atoms with Crippen LogP contribution in [0.5, 0.6) is 11.5 Å². The van der Waals surface area contributed by atoms with E-state index in [0.29, 0.717) is 16.7 Å². The third-order valence-corrected chi connectivity index (χ3v) is 6.52. The zero-order valence-electron chi connectivity index (χ0n) is 15.6. The molecule has 1 aliphatic heterocycles. The van der Waals surface area contributed by atoms with Crippen molar-refractivity contribution in [1.82, 2.24) is 5.32 Å². The molecule has 1 aromatic carbocycles. The van der Waals surface area contributed by atoms with Gasteiger partial charge in [-0.2, -0.15) is 0 Å². The number of carbonyl (C=O) groups is 1. The van der Waals surface area contributed by atoms with Crippen molar-refractivity contribution in [3.8, 4) is 11.5 Å². The lowest BCUT2D eigenvalue weighted by Crippen LogP contribution is -2.43. The normalized spacial score (nSPS) is 20.9. The van der Waals surface area contributed by atoms with Crippen LogP contribution >= 0.6 is 0 Å². The third-order valence-electron chi connectivity index (χ3n) is 4.80. The second-order valence-electron chi connectivity index (χ2n) is 6.67. The van der Waals surface area contributed by atoms with E-state index in [4.69, 9.17) is 13.9 Å². The molecule has 2 aromatic rings. The second kappa shape index (κ2) is 7.44. The van der Waals surface area contributed by atoms with Gasteiger partial charge >= 0.3 is 5.63 Å². The first kappa shape index (κ1) is 20.2. The molecule has 2 N–H and O–H groups in total. The molecule has 0 spiro atoms. The average Bonchev–Trinajstić information content (AvgIpc) is 2.88. The lowest BCUT2D eigenvalue weighted by molar-refractivity contribution is -0.121. The fraction of sp³-hybridized carbons (Fsp3) is 0.444. The molecular formula is C18H21NO8S. The predicted molar refractivity (Wildman–Crippen MR) is 101 cm³/mol. The van der Waals surface area contributed by atoms with Crippen LogP contribution in [-0.4, -0.2) is 57.3 Å². The van der Waals surface area contributed by atoms with Gasteiger partial charge in [0.2, 0.25) is 11.7 Å². The minimum absolute atomic E-state index is 0.146. The summed E-state index contributed by atoms with van der Waals surface area (Å²) >= 11 is 0. The van der Waals surface area contributed by atoms with Gasteiger partial charge in [0.25, 0.3) is 0 Å². The highest BCUT2D eigenvalue weighted by Crippen LogP contribution is 2.36. The Morgan fingerprint density at radius 3 is 2.57 bits per heavy atom. The number of aliphatic hydroxyl groups is 1. The SMILES string of the molecule is COc1ccc2c(C)c(CC(=O)NC3CS(=O)(=O)CC3O)c(=O)oc2c1OC. The summed E-state index contributed by atoms with van der Waals surface area (Å²) in [4.78, 5) is 24.8. The summed E-state index contributed by atoms with van der Waals surface area (Å²) in [6, 6.07) is 2.47. The molecule has 1 aliphatic rings. The van der Waals surface area contributed by atoms with Gasteiger partial charge in [0.1, 0.15) is 0 Å². The number of methoxy groups -OCH3 is 2. The van der Waals surface area contributed by atoms with E-state index in [1.54, 1.807) is 19.1 Å². The highest BCUT2D eigenvalue weighted by atomic mass is 32.2. The highest BCUT2D eigenvalue weighted by molar-refractivity contribution is 7.91. The van der Waals surface area contributed by atoms with Crippen LogP contribution in [0.1, 0.15) is 11.1 Å². The molecule has 2 heterocycles. The van der Waals surface area contributed by atoms with Crippen molar-refractivity contribution in [3.63, 3.8) is 0 Å². The minimum Gasteiger partial charge on any atom is -0.493 e. The molecule has 10 heteroatoms. The smallest absolute Gasteiger partial charge is 0.340 e. The zero-order valence-corrected chi connectivity index (χ0v) is 16.5. The van der Waals surface area contributed by atoms with E-state index < -0.39 is 39.3 Å². The molecule has 0 radical (unpaired) electrons. The number of nitrogens with one attached hydrogen (secondary N) is 1. The Morgan fingerprint density at radius 2 is 2.00 bits per heavy atom. The number of sulfone groups is 1. The van der Waals surface area contributed by atoms with E-state index in [-0.39, 0.29) is 29.1 Å². The lowest BCUT2D eigenvalue weighted by atomic mass is 10.0. The summed E-state index contributed by atoms with van der Waals surface area (Å²) in [5.74, 6) is -0.620. The van der Waals surface area contributed by atoms with Crippen LogP contribution < -0.4 is 20.4 Å². The number of amides is 1. The van der Waals surface area contributed by atoms with E-state index in [2.05, 4.69) is 5.32 Å². The number of hydrogen-bond donors (Lipinski definition) is 2. The van der Waals surface area contributed by atoms with Gasteiger partial charge in [-0.15, -0.1) is 0 Å². The van der Waals surface area contributed by atoms with E-state index in [1.165, 1.54) is 14.2 Å². The van der Waals surface area contributed by atoms with Gasteiger partial charge < -0.3 is 24.3 Å². The molecule has 1 fully saturated rings. The maximum atomic E-state index is 12.5. The van der Waals surface area contributed by atoms with Crippen molar-refractivity contribution in [3.05, 3.63) is 33.7 Å². The number of benzene rings is 1. The Balaban J connectivity index is 1.91. The molecule has 0 aliphatic carbocycles. The summed E-state index contributed by atoms with van der Waals surface area (Å²) in [5, 5.41) is 12.9. The Kier molecular flexibility index (Phi) is 5.35. The average molecular weight is 411 g/mol. The van der Waals surface area contributed by atoms with Crippen molar-refractivity contribution in [2.75, 3.05) is 25.7 Å². The standard InChI is InChI=1S/C18H21NO8S/c1-9-10-4-5-14(25-2)17(26-3)16(10)27-18(22)11(9)6-15(21)19-12-7-28(23,24)8-13(12)20/h4-5,12-13,20H,6-8H2,1-3H3,(H,19,21). The van der Waals surface area contributed by atoms with Crippen LogP contribution in [0.4, 0.5) is 0 Å². The van der Waals surface area contributed by atoms with Crippen LogP contribution in [0, 0.1) is 6.92 Å². The Bertz CT molecular complexity index is 1090. The van der Waals surface area contributed by atoms with E-state index in [0.717, 1.165) is 0 Å². The quantitative estimate of drug-likeness (QED) is 0.654. The maximum absolute atomic E-state index is 12.5. The summed E-state index contributed by atoms with van der Waals surface area (Å²) in [7, 11) is -0.505. The molecule has 2 atom stereocenters. The van der Waals surface area contributed by atoms with Gasteiger partial charge in [-0.1, -0.05) is 0 Å². The van der Waals surface area contributed by atoms with Gasteiger partial charge in [-0.25, -0.2) is 13.2 Å². The van der Waals surface area contributed by atoms with Gasteiger partial charge in [0.15, 0.2) is 21.2 Å². The number of rotatable bonds is 5. The van der Waals surface area contributed by atoms with Gasteiger partial charge in [-0.05, 0) is 24.6 Å². The number of hydrogen-bond acceptors (Lipinski definition) is 8. The molecular weight excluding hydrogens is 390 g/mol. The molecule has 152 valence electrons. The molecule has 9 nitrogen and oxygen atoms in total. The fourth-order valence-electron chi connectivity index (χ4n) is 3.36. The van der Waals surface area contributed by atoms with Crippen LogP contribution in [0.3, 0.4) is 0 Å². The third kappa shape index (κ3) is 3.69. The van der Waals surface area contributed by atoms with Crippen molar-refractivity contribution in [2.45, 2.75) is 25.5 Å². The Hall–Kier alpha value is -2.59. The molecule has 0 saturated carbocycles. The van der Waals surface area contributed by atoms with Crippen LogP contribution in [0.25, 0.3) is 11.0 Å². The number of aryl methyl sites for hydroxylation is 1. The van der Waals surface area contributed by atoms with Crippen molar-refractivity contribution in [1.29, 1.82) is 0 Å². The van der Waals surface area contributed by atoms with Gasteiger partial charge in [0.05, 0.1) is 49.9 Å². The van der Waals surface area contributed by atoms with Crippen molar-refractivity contribution in [2.24, 2.45) is 0 Å². The largest absolute Gasteiger partial charge is 0.493 e. The molecule has 1 saturated heterocycles. The molecule has 28 heavy (non-hydrogen) atoms. The Morgan fingerprint density at radius 1 is 1.29 bits per heavy atom. The second-order valence-corrected chi connectivity index (χ2v) is 8.82. The minimum atomic E-state index is -3.39. The van der Waals surface area contributed by atoms with Gasteiger partial charge in [0, 0.05) is 5.39 Å². The van der Waals surface area contributed by atoms with E-state index >= 15 is 0 Å². The van der Waals surface area contributed by atoms with E-state index in [9.17, 15) is 23.1 Å². The fourth-order valence-corrected chi connectivity index (χ4v) is 5.10. The molecule has 2 unspecified atom stereocenters. The Labute approximate surface area is 161 Å². The maximum Gasteiger partial charge on any atom is 0.340 e. The number of ether oxygens (including phenoxy) is 2. The predicted octanol–water partition coefficient (Wildman–Crippen LogP) is -0.0648. The van der Waals surface area contributed by atoms with E-state index in [1.807, 2.05) is 0 Å².